The summed E-state index contributed by atoms with van der Waals surface area (Å²) in [6.45, 7) is 0.132. The summed E-state index contributed by atoms with van der Waals surface area (Å²) < 4.78 is 9.83. The van der Waals surface area contributed by atoms with E-state index in [9.17, 15) is 5.11 Å². The Labute approximate surface area is 76.9 Å². The molecule has 1 aromatic carbocycles. The number of rotatable bonds is 3. The van der Waals surface area contributed by atoms with Gasteiger partial charge in [0.2, 0.25) is 5.75 Å². The maximum Gasteiger partial charge on any atom is 0.200 e. The van der Waals surface area contributed by atoms with E-state index in [1.165, 1.54) is 14.2 Å². The number of methoxy groups -OCH3 is 2. The van der Waals surface area contributed by atoms with E-state index in [1.54, 1.807) is 12.1 Å². The van der Waals surface area contributed by atoms with Gasteiger partial charge >= 0.3 is 0 Å². The number of nitrogens with one attached hydrogen (secondary N) is 1. The molecule has 0 spiro atoms. The second-order valence-electron chi connectivity index (χ2n) is 2.53. The summed E-state index contributed by atoms with van der Waals surface area (Å²) in [4.78, 5) is 0. The van der Waals surface area contributed by atoms with Gasteiger partial charge in [0, 0.05) is 6.54 Å². The fourth-order valence-corrected chi connectivity index (χ4v) is 1.05. The van der Waals surface area contributed by atoms with Crippen LogP contribution in [-0.2, 0) is 6.54 Å². The first-order valence-corrected chi connectivity index (χ1v) is 3.81. The van der Waals surface area contributed by atoms with Crippen molar-refractivity contribution < 1.29 is 14.6 Å². The lowest BCUT2D eigenvalue weighted by Crippen LogP contribution is -1.93. The molecule has 0 heterocycles. The van der Waals surface area contributed by atoms with Gasteiger partial charge in [0.25, 0.3) is 0 Å². The summed E-state index contributed by atoms with van der Waals surface area (Å²) >= 11 is 0. The van der Waals surface area contributed by atoms with Gasteiger partial charge in [0.05, 0.1) is 14.2 Å². The van der Waals surface area contributed by atoms with Gasteiger partial charge in [-0.15, -0.1) is 0 Å². The Balaban J connectivity index is 3.20. The Hall–Kier alpha value is -1.42. The lowest BCUT2D eigenvalue weighted by molar-refractivity contribution is 0.339. The van der Waals surface area contributed by atoms with E-state index in [0.29, 0.717) is 11.5 Å². The highest BCUT2D eigenvalue weighted by Gasteiger charge is 2.09. The van der Waals surface area contributed by atoms with Gasteiger partial charge in [0.1, 0.15) is 0 Å². The zero-order chi connectivity index (χ0) is 9.84. The van der Waals surface area contributed by atoms with Crippen LogP contribution >= 0.6 is 0 Å². The van der Waals surface area contributed by atoms with Crippen molar-refractivity contribution in [2.45, 2.75) is 6.54 Å². The largest absolute Gasteiger partial charge is 0.502 e. The number of phenolic OH excluding ortho intramolecular Hbond substituents is 1. The van der Waals surface area contributed by atoms with Crippen molar-refractivity contribution in [3.63, 3.8) is 0 Å². The first kappa shape index (κ1) is 9.67. The van der Waals surface area contributed by atoms with E-state index in [0.717, 1.165) is 5.56 Å². The van der Waals surface area contributed by atoms with E-state index < -0.39 is 0 Å². The van der Waals surface area contributed by atoms with Crippen LogP contribution in [0.2, 0.25) is 0 Å². The molecule has 0 amide bonds. The molecule has 0 unspecified atom stereocenters. The minimum absolute atomic E-state index is 0.0257. The van der Waals surface area contributed by atoms with Crippen LogP contribution in [0.25, 0.3) is 0 Å². The average molecular weight is 182 g/mol. The molecule has 0 saturated heterocycles. The van der Waals surface area contributed by atoms with E-state index >= 15 is 0 Å². The summed E-state index contributed by atoms with van der Waals surface area (Å²) in [5.74, 6) is 0.644. The molecule has 0 fully saturated rings. The predicted molar refractivity (Wildman–Crippen MR) is 48.0 cm³/mol. The molecule has 1 aromatic rings. The van der Waals surface area contributed by atoms with Crippen LogP contribution in [-0.4, -0.2) is 19.3 Å². The van der Waals surface area contributed by atoms with E-state index in [1.807, 2.05) is 0 Å². The fraction of sp³-hybridized carbons (Fsp3) is 0.333. The highest BCUT2D eigenvalue weighted by atomic mass is 16.5. The van der Waals surface area contributed by atoms with E-state index in [-0.39, 0.29) is 12.3 Å². The first-order valence-electron chi connectivity index (χ1n) is 3.81. The standard InChI is InChI=1S/C9H12NO3/c1-12-7-3-6(5-10)4-8(13-2)9(7)11/h3-4,10-11H,5H2,1-2H3. The van der Waals surface area contributed by atoms with Crippen molar-refractivity contribution in [3.8, 4) is 17.2 Å². The van der Waals surface area contributed by atoms with Crippen LogP contribution in [0, 0.1) is 0 Å². The molecule has 0 aromatic heterocycles. The molecule has 0 aliphatic rings. The molecule has 0 aliphatic heterocycles. The molecule has 4 heteroatoms. The van der Waals surface area contributed by atoms with Gasteiger partial charge in [-0.05, 0) is 17.7 Å². The quantitative estimate of drug-likeness (QED) is 0.763. The van der Waals surface area contributed by atoms with Gasteiger partial charge in [-0.1, -0.05) is 0 Å². The summed E-state index contributed by atoms with van der Waals surface area (Å²) in [5, 5.41) is 9.50. The third kappa shape index (κ3) is 1.84. The van der Waals surface area contributed by atoms with Crippen LogP contribution in [0.1, 0.15) is 5.56 Å². The van der Waals surface area contributed by atoms with Crippen molar-refractivity contribution >= 4 is 0 Å². The molecule has 1 radical (unpaired) electrons. The number of benzene rings is 1. The molecule has 4 nitrogen and oxygen atoms in total. The topological polar surface area (TPSA) is 62.5 Å². The molecule has 0 atom stereocenters. The highest BCUT2D eigenvalue weighted by molar-refractivity contribution is 5.52. The molecule has 0 aliphatic carbocycles. The van der Waals surface area contributed by atoms with Gasteiger partial charge < -0.3 is 14.6 Å². The number of ether oxygens (including phenoxy) is 2. The summed E-state index contributed by atoms with van der Waals surface area (Å²) in [6.07, 6.45) is 0. The minimum Gasteiger partial charge on any atom is -0.502 e. The number of phenols is 1. The van der Waals surface area contributed by atoms with Crippen LogP contribution in [0.5, 0.6) is 17.2 Å². The average Bonchev–Trinajstić information content (AvgIpc) is 2.18. The Morgan fingerprint density at radius 2 is 1.69 bits per heavy atom. The maximum atomic E-state index is 9.50. The Bertz CT molecular complexity index is 274. The zero-order valence-electron chi connectivity index (χ0n) is 7.63. The van der Waals surface area contributed by atoms with Gasteiger partial charge in [-0.3, -0.25) is 5.73 Å². The molecule has 0 bridgehead atoms. The molecular formula is C9H12NO3. The highest BCUT2D eigenvalue weighted by Crippen LogP contribution is 2.36. The molecule has 13 heavy (non-hydrogen) atoms. The minimum atomic E-state index is -0.0257. The Morgan fingerprint density at radius 1 is 1.23 bits per heavy atom. The van der Waals surface area contributed by atoms with Crippen LogP contribution in [0.3, 0.4) is 0 Å². The van der Waals surface area contributed by atoms with Gasteiger partial charge in [0.15, 0.2) is 11.5 Å². The number of aromatic hydroxyl groups is 1. The lowest BCUT2D eigenvalue weighted by Gasteiger charge is -2.09. The Morgan fingerprint density at radius 3 is 2.00 bits per heavy atom. The Kier molecular flexibility index (Phi) is 2.97. The van der Waals surface area contributed by atoms with Crippen molar-refractivity contribution in [2.24, 2.45) is 0 Å². The summed E-state index contributed by atoms with van der Waals surface area (Å²) in [5.41, 5.74) is 7.91. The molecule has 1 rings (SSSR count). The van der Waals surface area contributed by atoms with Crippen LogP contribution < -0.4 is 15.2 Å². The first-order chi connectivity index (χ1) is 6.22. The third-order valence-corrected chi connectivity index (χ3v) is 1.74. The summed E-state index contributed by atoms with van der Waals surface area (Å²) in [6, 6.07) is 3.23. The fourth-order valence-electron chi connectivity index (χ4n) is 1.05. The second kappa shape index (κ2) is 4.00. The summed E-state index contributed by atoms with van der Waals surface area (Å²) in [7, 11) is 2.92. The van der Waals surface area contributed by atoms with Gasteiger partial charge in [-0.25, -0.2) is 0 Å². The van der Waals surface area contributed by atoms with Crippen molar-refractivity contribution in [3.05, 3.63) is 17.7 Å². The van der Waals surface area contributed by atoms with Crippen molar-refractivity contribution in [1.82, 2.24) is 5.73 Å². The monoisotopic (exact) mass is 182 g/mol. The van der Waals surface area contributed by atoms with Crippen molar-refractivity contribution in [2.75, 3.05) is 14.2 Å². The van der Waals surface area contributed by atoms with E-state index in [2.05, 4.69) is 0 Å². The molecular weight excluding hydrogens is 170 g/mol. The van der Waals surface area contributed by atoms with Crippen LogP contribution in [0.4, 0.5) is 0 Å². The SMILES string of the molecule is COc1cc(C[NH])cc(OC)c1O. The zero-order valence-corrected chi connectivity index (χ0v) is 7.63. The van der Waals surface area contributed by atoms with Crippen molar-refractivity contribution in [1.29, 1.82) is 0 Å². The maximum absolute atomic E-state index is 9.50. The smallest absolute Gasteiger partial charge is 0.200 e. The predicted octanol–water partition coefficient (Wildman–Crippen LogP) is 1.19. The second-order valence-corrected chi connectivity index (χ2v) is 2.53. The molecule has 2 N–H and O–H groups in total. The lowest BCUT2D eigenvalue weighted by atomic mass is 10.2. The van der Waals surface area contributed by atoms with Crippen LogP contribution in [0.15, 0.2) is 12.1 Å². The molecule has 71 valence electrons. The molecule has 0 saturated carbocycles. The van der Waals surface area contributed by atoms with Gasteiger partial charge in [-0.2, -0.15) is 0 Å². The third-order valence-electron chi connectivity index (χ3n) is 1.74. The van der Waals surface area contributed by atoms with E-state index in [4.69, 9.17) is 15.2 Å². The number of hydrogen-bond acceptors (Lipinski definition) is 3. The number of hydrogen-bond donors (Lipinski definition) is 1. The normalized spacial score (nSPS) is 9.77.